The molecule has 34 heavy (non-hydrogen) atoms. The summed E-state index contributed by atoms with van der Waals surface area (Å²) in [6.45, 7) is 4.60. The van der Waals surface area contributed by atoms with Crippen LogP contribution in [-0.4, -0.2) is 27.2 Å². The molecule has 2 N–H and O–H groups in total. The van der Waals surface area contributed by atoms with Gasteiger partial charge in [0, 0.05) is 12.7 Å². The third kappa shape index (κ3) is 5.55. The molecule has 4 rings (SSSR count). The lowest BCUT2D eigenvalue weighted by atomic mass is 9.98. The molecule has 0 saturated carbocycles. The molecule has 7 nitrogen and oxygen atoms in total. The van der Waals surface area contributed by atoms with Crippen molar-refractivity contribution in [2.45, 2.75) is 25.8 Å². The molecule has 4 aromatic rings. The van der Waals surface area contributed by atoms with Gasteiger partial charge in [0.2, 0.25) is 5.91 Å². The molecule has 0 fully saturated rings. The van der Waals surface area contributed by atoms with Gasteiger partial charge in [-0.2, -0.15) is 10.4 Å². The number of benzene rings is 2. The Bertz CT molecular complexity index is 1270. The lowest BCUT2D eigenvalue weighted by molar-refractivity contribution is -0.118. The number of carbonyl (C=O) groups excluding carboxylic acids is 1. The minimum Gasteiger partial charge on any atom is -0.309 e. The van der Waals surface area contributed by atoms with Crippen LogP contribution in [0.1, 0.15) is 41.3 Å². The van der Waals surface area contributed by atoms with Crippen molar-refractivity contribution in [2.75, 3.05) is 11.9 Å². The summed E-state index contributed by atoms with van der Waals surface area (Å²) >= 11 is 0. The fourth-order valence-corrected chi connectivity index (χ4v) is 3.66. The van der Waals surface area contributed by atoms with Crippen LogP contribution in [0, 0.1) is 18.3 Å². The van der Waals surface area contributed by atoms with E-state index in [0.717, 1.165) is 22.5 Å². The summed E-state index contributed by atoms with van der Waals surface area (Å²) in [4.78, 5) is 17.6. The quantitative estimate of drug-likeness (QED) is 0.411. The summed E-state index contributed by atoms with van der Waals surface area (Å²) in [7, 11) is 0. The van der Waals surface area contributed by atoms with Gasteiger partial charge in [-0.15, -0.1) is 0 Å². The first-order valence-electron chi connectivity index (χ1n) is 11.1. The summed E-state index contributed by atoms with van der Waals surface area (Å²) in [5.74, 6) is 0.440. The number of rotatable bonds is 8. The minimum atomic E-state index is -0.544. The van der Waals surface area contributed by atoms with Crippen molar-refractivity contribution in [3.05, 3.63) is 108 Å². The number of nitrogens with one attached hydrogen (secondary N) is 2. The van der Waals surface area contributed by atoms with E-state index >= 15 is 0 Å². The molecule has 1 amide bonds. The normalized spacial score (nSPS) is 12.5. The molecule has 2 aromatic carbocycles. The maximum absolute atomic E-state index is 13.2. The Hall–Kier alpha value is -4.28. The molecule has 0 aliphatic rings. The van der Waals surface area contributed by atoms with Crippen molar-refractivity contribution in [3.8, 4) is 11.8 Å². The van der Waals surface area contributed by atoms with E-state index in [4.69, 9.17) is 5.26 Å². The van der Waals surface area contributed by atoms with Gasteiger partial charge in [-0.3, -0.25) is 4.79 Å². The number of anilines is 1. The van der Waals surface area contributed by atoms with Crippen LogP contribution in [0.25, 0.3) is 5.69 Å². The SMILES string of the molecule is Cc1ccn(-c2ccc(NC(=O)[C@H](NC[C@@H](C)c3ccc(C#N)cc3)c3ccccc3)nc2)n1. The number of aromatic nitrogens is 3. The maximum Gasteiger partial charge on any atom is 0.247 e. The number of aryl methyl sites for hydroxylation is 1. The van der Waals surface area contributed by atoms with Crippen LogP contribution >= 0.6 is 0 Å². The first-order valence-corrected chi connectivity index (χ1v) is 11.1. The van der Waals surface area contributed by atoms with Crippen LogP contribution in [0.2, 0.25) is 0 Å². The average molecular weight is 451 g/mol. The number of nitriles is 1. The van der Waals surface area contributed by atoms with Crippen LogP contribution in [0.3, 0.4) is 0 Å². The number of amides is 1. The highest BCUT2D eigenvalue weighted by Gasteiger charge is 2.21. The molecule has 2 aromatic heterocycles. The molecular weight excluding hydrogens is 424 g/mol. The fourth-order valence-electron chi connectivity index (χ4n) is 3.66. The smallest absolute Gasteiger partial charge is 0.247 e. The Morgan fingerprint density at radius 3 is 2.41 bits per heavy atom. The monoisotopic (exact) mass is 450 g/mol. The van der Waals surface area contributed by atoms with Gasteiger partial charge in [0.25, 0.3) is 0 Å². The van der Waals surface area contributed by atoms with Gasteiger partial charge in [-0.25, -0.2) is 9.67 Å². The number of pyridine rings is 1. The zero-order valence-corrected chi connectivity index (χ0v) is 19.1. The molecule has 0 aliphatic heterocycles. The second-order valence-corrected chi connectivity index (χ2v) is 8.18. The van der Waals surface area contributed by atoms with E-state index in [9.17, 15) is 4.79 Å². The minimum absolute atomic E-state index is 0.154. The van der Waals surface area contributed by atoms with Crippen molar-refractivity contribution >= 4 is 11.7 Å². The Labute approximate surface area is 199 Å². The highest BCUT2D eigenvalue weighted by atomic mass is 16.2. The molecule has 0 aliphatic carbocycles. The van der Waals surface area contributed by atoms with Crippen LogP contribution < -0.4 is 10.6 Å². The zero-order valence-electron chi connectivity index (χ0n) is 19.1. The van der Waals surface area contributed by atoms with Gasteiger partial charge in [0.05, 0.1) is 29.2 Å². The topological polar surface area (TPSA) is 95.6 Å². The summed E-state index contributed by atoms with van der Waals surface area (Å²) in [5.41, 5.74) is 4.34. The highest BCUT2D eigenvalue weighted by molar-refractivity contribution is 5.94. The Balaban J connectivity index is 1.46. The third-order valence-electron chi connectivity index (χ3n) is 5.62. The molecule has 170 valence electrons. The lowest BCUT2D eigenvalue weighted by Gasteiger charge is -2.21. The van der Waals surface area contributed by atoms with E-state index in [0.29, 0.717) is 17.9 Å². The van der Waals surface area contributed by atoms with E-state index in [2.05, 4.69) is 33.7 Å². The van der Waals surface area contributed by atoms with E-state index in [1.54, 1.807) is 16.9 Å². The molecular formula is C27H26N6O. The average Bonchev–Trinajstić information content (AvgIpc) is 3.31. The highest BCUT2D eigenvalue weighted by Crippen LogP contribution is 2.20. The summed E-state index contributed by atoms with van der Waals surface area (Å²) < 4.78 is 1.74. The van der Waals surface area contributed by atoms with E-state index in [1.807, 2.05) is 79.9 Å². The molecule has 0 spiro atoms. The van der Waals surface area contributed by atoms with Crippen molar-refractivity contribution in [2.24, 2.45) is 0 Å². The summed E-state index contributed by atoms with van der Waals surface area (Å²) in [6.07, 6.45) is 3.55. The maximum atomic E-state index is 13.2. The summed E-state index contributed by atoms with van der Waals surface area (Å²) in [6, 6.07) is 24.3. The molecule has 0 saturated heterocycles. The van der Waals surface area contributed by atoms with Crippen LogP contribution in [0.4, 0.5) is 5.82 Å². The lowest BCUT2D eigenvalue weighted by Crippen LogP contribution is -2.35. The van der Waals surface area contributed by atoms with Crippen molar-refractivity contribution < 1.29 is 4.79 Å². The number of carbonyl (C=O) groups is 1. The van der Waals surface area contributed by atoms with Crippen LogP contribution in [-0.2, 0) is 4.79 Å². The zero-order chi connectivity index (χ0) is 23.9. The van der Waals surface area contributed by atoms with Crippen molar-refractivity contribution in [1.82, 2.24) is 20.1 Å². The molecule has 2 heterocycles. The molecule has 0 radical (unpaired) electrons. The molecule has 7 heteroatoms. The van der Waals surface area contributed by atoms with E-state index in [-0.39, 0.29) is 11.8 Å². The Kier molecular flexibility index (Phi) is 7.11. The van der Waals surface area contributed by atoms with E-state index in [1.165, 1.54) is 0 Å². The van der Waals surface area contributed by atoms with Gasteiger partial charge >= 0.3 is 0 Å². The number of hydrogen-bond donors (Lipinski definition) is 2. The first-order chi connectivity index (χ1) is 16.5. The first kappa shape index (κ1) is 22.9. The fraction of sp³-hybridized carbons (Fsp3) is 0.185. The second-order valence-electron chi connectivity index (χ2n) is 8.18. The van der Waals surface area contributed by atoms with Crippen molar-refractivity contribution in [1.29, 1.82) is 5.26 Å². The van der Waals surface area contributed by atoms with Crippen LogP contribution in [0.15, 0.2) is 85.2 Å². The second kappa shape index (κ2) is 10.6. The van der Waals surface area contributed by atoms with Crippen molar-refractivity contribution in [3.63, 3.8) is 0 Å². The predicted octanol–water partition coefficient (Wildman–Crippen LogP) is 4.52. The third-order valence-corrected chi connectivity index (χ3v) is 5.62. The predicted molar refractivity (Wildman–Crippen MR) is 131 cm³/mol. The van der Waals surface area contributed by atoms with E-state index < -0.39 is 6.04 Å². The Morgan fingerprint density at radius 2 is 1.79 bits per heavy atom. The van der Waals surface area contributed by atoms with Crippen LogP contribution in [0.5, 0.6) is 0 Å². The standard InChI is InChI=1S/C27H26N6O/c1-19(22-10-8-21(16-28)9-11-22)17-30-26(23-6-4-3-5-7-23)27(34)31-25-13-12-24(18-29-25)33-15-14-20(2)32-33/h3-15,18-19,26,30H,17H2,1-2H3,(H,29,31,34)/t19-,26-/m1/s1. The largest absolute Gasteiger partial charge is 0.309 e. The van der Waals surface area contributed by atoms with Gasteiger partial charge < -0.3 is 10.6 Å². The summed E-state index contributed by atoms with van der Waals surface area (Å²) in [5, 5.41) is 19.7. The van der Waals surface area contributed by atoms with Gasteiger partial charge in [-0.05, 0) is 54.3 Å². The number of nitrogens with zero attached hydrogens (tertiary/aromatic N) is 4. The number of hydrogen-bond acceptors (Lipinski definition) is 5. The molecule has 0 bridgehead atoms. The molecule has 0 unspecified atom stereocenters. The van der Waals surface area contributed by atoms with Gasteiger partial charge in [0.15, 0.2) is 0 Å². The van der Waals surface area contributed by atoms with Gasteiger partial charge in [0.1, 0.15) is 11.9 Å². The van der Waals surface area contributed by atoms with Gasteiger partial charge in [-0.1, -0.05) is 49.4 Å². The molecule has 2 atom stereocenters. The Morgan fingerprint density at radius 1 is 1.03 bits per heavy atom.